The third-order valence-corrected chi connectivity index (χ3v) is 4.67. The molecule has 0 aliphatic rings. The van der Waals surface area contributed by atoms with Gasteiger partial charge in [0.2, 0.25) is 5.82 Å². The van der Waals surface area contributed by atoms with Gasteiger partial charge in [-0.15, -0.1) is 0 Å². The fourth-order valence-corrected chi connectivity index (χ4v) is 3.13. The van der Waals surface area contributed by atoms with E-state index in [1.165, 1.54) is 0 Å². The second-order valence-corrected chi connectivity index (χ2v) is 6.69. The zero-order chi connectivity index (χ0) is 20.4. The van der Waals surface area contributed by atoms with Crippen molar-refractivity contribution in [2.45, 2.75) is 27.3 Å². The first-order chi connectivity index (χ1) is 14.1. The second kappa shape index (κ2) is 7.79. The minimum atomic E-state index is -0.442. The number of carbonyl (C=O) groups is 1. The van der Waals surface area contributed by atoms with Gasteiger partial charge < -0.3 is 19.0 Å². The molecule has 4 aromatic rings. The van der Waals surface area contributed by atoms with Crippen LogP contribution < -0.4 is 10.1 Å². The van der Waals surface area contributed by atoms with E-state index in [2.05, 4.69) is 15.5 Å². The van der Waals surface area contributed by atoms with E-state index in [0.717, 1.165) is 33.4 Å². The molecule has 0 saturated heterocycles. The fraction of sp³-hybridized carbons (Fsp3) is 0.227. The lowest BCUT2D eigenvalue weighted by molar-refractivity contribution is 0.0907. The number of fused-ring (bicyclic) bond motifs is 1. The number of hydrogen-bond acceptors (Lipinski definition) is 6. The molecule has 0 unspecified atom stereocenters. The van der Waals surface area contributed by atoms with Crippen molar-refractivity contribution < 1.29 is 18.5 Å². The number of aryl methyl sites for hydroxylation is 2. The number of nitrogens with one attached hydrogen (secondary N) is 1. The molecule has 0 aliphatic carbocycles. The van der Waals surface area contributed by atoms with Gasteiger partial charge in [0, 0.05) is 17.5 Å². The maximum atomic E-state index is 12.4. The van der Waals surface area contributed by atoms with E-state index < -0.39 is 5.91 Å². The molecule has 4 rings (SSSR count). The summed E-state index contributed by atoms with van der Waals surface area (Å²) in [6.45, 7) is 6.79. The summed E-state index contributed by atoms with van der Waals surface area (Å²) >= 11 is 0. The van der Waals surface area contributed by atoms with Crippen LogP contribution in [0.5, 0.6) is 5.75 Å². The molecule has 148 valence electrons. The van der Waals surface area contributed by atoms with E-state index in [1.54, 1.807) is 0 Å². The number of carbonyl (C=O) groups excluding carboxylic acids is 1. The molecule has 2 aromatic heterocycles. The average molecular weight is 391 g/mol. The Morgan fingerprint density at radius 2 is 1.93 bits per heavy atom. The molecule has 29 heavy (non-hydrogen) atoms. The van der Waals surface area contributed by atoms with Crippen molar-refractivity contribution in [1.82, 2.24) is 15.5 Å². The van der Waals surface area contributed by atoms with E-state index in [9.17, 15) is 4.79 Å². The minimum absolute atomic E-state index is 0.109. The number of aromatic nitrogens is 2. The third kappa shape index (κ3) is 3.71. The van der Waals surface area contributed by atoms with Crippen molar-refractivity contribution in [3.05, 3.63) is 65.0 Å². The predicted molar refractivity (Wildman–Crippen MR) is 108 cm³/mol. The molecule has 0 saturated carbocycles. The zero-order valence-corrected chi connectivity index (χ0v) is 16.5. The fourth-order valence-electron chi connectivity index (χ4n) is 3.13. The standard InChI is InChI=1S/C22H21N3O4/c1-4-27-16-10-8-15(9-11-16)12-23-21(26)22-24-20(25-29-22)19-14(3)17-7-5-6-13(2)18(17)28-19/h5-11H,4,12H2,1-3H3,(H,23,26). The van der Waals surface area contributed by atoms with Crippen LogP contribution in [0.3, 0.4) is 0 Å². The molecule has 7 heteroatoms. The summed E-state index contributed by atoms with van der Waals surface area (Å²) in [4.78, 5) is 16.6. The number of amides is 1. The van der Waals surface area contributed by atoms with Gasteiger partial charge in [-0.05, 0) is 44.0 Å². The van der Waals surface area contributed by atoms with Crippen LogP contribution in [0.4, 0.5) is 0 Å². The molecule has 1 N–H and O–H groups in total. The number of nitrogens with zero attached hydrogens (tertiary/aromatic N) is 2. The molecule has 1 amide bonds. The summed E-state index contributed by atoms with van der Waals surface area (Å²) in [5.41, 5.74) is 3.65. The van der Waals surface area contributed by atoms with Crippen LogP contribution in [-0.2, 0) is 6.54 Å². The highest BCUT2D eigenvalue weighted by Gasteiger charge is 2.21. The highest BCUT2D eigenvalue weighted by molar-refractivity contribution is 5.91. The summed E-state index contributed by atoms with van der Waals surface area (Å²) in [7, 11) is 0. The summed E-state index contributed by atoms with van der Waals surface area (Å²) in [5.74, 6) is 0.999. The predicted octanol–water partition coefficient (Wildman–Crippen LogP) is 4.43. The number of hydrogen-bond donors (Lipinski definition) is 1. The molecule has 0 atom stereocenters. The first kappa shape index (κ1) is 18.7. The number of furan rings is 1. The Bertz CT molecular complexity index is 1160. The van der Waals surface area contributed by atoms with Crippen molar-refractivity contribution in [3.63, 3.8) is 0 Å². The molecule has 0 radical (unpaired) electrons. The molecular weight excluding hydrogens is 370 g/mol. The Morgan fingerprint density at radius 3 is 2.66 bits per heavy atom. The quantitative estimate of drug-likeness (QED) is 0.523. The number of ether oxygens (including phenoxy) is 1. The Balaban J connectivity index is 1.48. The summed E-state index contributed by atoms with van der Waals surface area (Å²) in [5, 5.41) is 7.69. The van der Waals surface area contributed by atoms with E-state index in [0.29, 0.717) is 18.9 Å². The molecule has 2 aromatic carbocycles. The smallest absolute Gasteiger partial charge is 0.316 e. The van der Waals surface area contributed by atoms with Crippen LogP contribution in [0, 0.1) is 13.8 Å². The highest BCUT2D eigenvalue weighted by atomic mass is 16.5. The van der Waals surface area contributed by atoms with Crippen LogP contribution in [0.25, 0.3) is 22.6 Å². The lowest BCUT2D eigenvalue weighted by Gasteiger charge is -2.05. The molecular formula is C22H21N3O4. The van der Waals surface area contributed by atoms with E-state index in [-0.39, 0.29) is 11.7 Å². The lowest BCUT2D eigenvalue weighted by Crippen LogP contribution is -2.23. The molecule has 0 aliphatic heterocycles. The first-order valence-electron chi connectivity index (χ1n) is 9.39. The maximum absolute atomic E-state index is 12.4. The van der Waals surface area contributed by atoms with Gasteiger partial charge >= 0.3 is 11.8 Å². The van der Waals surface area contributed by atoms with Gasteiger partial charge in [-0.3, -0.25) is 4.79 Å². The van der Waals surface area contributed by atoms with Crippen molar-refractivity contribution in [2.24, 2.45) is 0 Å². The van der Waals surface area contributed by atoms with Crippen molar-refractivity contribution in [2.75, 3.05) is 6.61 Å². The van der Waals surface area contributed by atoms with E-state index >= 15 is 0 Å². The molecule has 0 spiro atoms. The molecule has 2 heterocycles. The van der Waals surface area contributed by atoms with Crippen LogP contribution in [0.2, 0.25) is 0 Å². The largest absolute Gasteiger partial charge is 0.494 e. The SMILES string of the molecule is CCOc1ccc(CNC(=O)c2nc(-c3oc4c(C)cccc4c3C)no2)cc1. The van der Waals surface area contributed by atoms with Gasteiger partial charge in [0.1, 0.15) is 11.3 Å². The number of benzene rings is 2. The Labute approximate surface area is 167 Å². The topological polar surface area (TPSA) is 90.4 Å². The van der Waals surface area contributed by atoms with Crippen molar-refractivity contribution >= 4 is 16.9 Å². The van der Waals surface area contributed by atoms with Gasteiger partial charge in [-0.25, -0.2) is 0 Å². The van der Waals surface area contributed by atoms with Crippen molar-refractivity contribution in [3.8, 4) is 17.3 Å². The summed E-state index contributed by atoms with van der Waals surface area (Å²) in [6, 6.07) is 13.4. The van der Waals surface area contributed by atoms with Gasteiger partial charge in [-0.1, -0.05) is 35.5 Å². The summed E-state index contributed by atoms with van der Waals surface area (Å²) < 4.78 is 16.5. The van der Waals surface area contributed by atoms with Crippen LogP contribution in [-0.4, -0.2) is 22.7 Å². The van der Waals surface area contributed by atoms with Gasteiger partial charge in [0.05, 0.1) is 6.61 Å². The minimum Gasteiger partial charge on any atom is -0.494 e. The number of para-hydroxylation sites is 1. The normalized spacial score (nSPS) is 11.0. The second-order valence-electron chi connectivity index (χ2n) is 6.69. The zero-order valence-electron chi connectivity index (χ0n) is 16.5. The van der Waals surface area contributed by atoms with Gasteiger partial charge in [0.25, 0.3) is 0 Å². The first-order valence-corrected chi connectivity index (χ1v) is 9.39. The van der Waals surface area contributed by atoms with Crippen molar-refractivity contribution in [1.29, 1.82) is 0 Å². The molecule has 7 nitrogen and oxygen atoms in total. The Hall–Kier alpha value is -3.61. The van der Waals surface area contributed by atoms with Crippen LogP contribution >= 0.6 is 0 Å². The highest BCUT2D eigenvalue weighted by Crippen LogP contribution is 2.33. The van der Waals surface area contributed by atoms with E-state index in [4.69, 9.17) is 13.7 Å². The van der Waals surface area contributed by atoms with Crippen LogP contribution in [0.15, 0.2) is 51.4 Å². The molecule has 0 fully saturated rings. The Kier molecular flexibility index (Phi) is 5.03. The lowest BCUT2D eigenvalue weighted by atomic mass is 10.1. The van der Waals surface area contributed by atoms with E-state index in [1.807, 2.05) is 63.2 Å². The molecule has 0 bridgehead atoms. The monoisotopic (exact) mass is 391 g/mol. The number of rotatable bonds is 6. The maximum Gasteiger partial charge on any atom is 0.316 e. The van der Waals surface area contributed by atoms with Gasteiger partial charge in [0.15, 0.2) is 5.76 Å². The third-order valence-electron chi connectivity index (χ3n) is 4.67. The Morgan fingerprint density at radius 1 is 1.14 bits per heavy atom. The van der Waals surface area contributed by atoms with Crippen LogP contribution in [0.1, 0.15) is 34.3 Å². The van der Waals surface area contributed by atoms with Gasteiger partial charge in [-0.2, -0.15) is 4.98 Å². The average Bonchev–Trinajstić information content (AvgIpc) is 3.34. The summed E-state index contributed by atoms with van der Waals surface area (Å²) in [6.07, 6.45) is 0.